The van der Waals surface area contributed by atoms with Crippen molar-refractivity contribution in [3.05, 3.63) is 29.8 Å². The molecule has 0 unspecified atom stereocenters. The molecule has 0 aliphatic heterocycles. The van der Waals surface area contributed by atoms with Crippen LogP contribution in [0.1, 0.15) is 24.2 Å². The molecule has 0 amide bonds. The Kier molecular flexibility index (Phi) is 3.47. The standard InChI is InChI=1S/C11H12O6S/c1-11(2,10(14)15)18(16,17)8-5-3-4-7(6-8)9(12)13/h3-6H,1-2H3,(H,12,13)(H,14,15). The molecule has 98 valence electrons. The first-order valence-corrected chi connectivity index (χ1v) is 6.40. The van der Waals surface area contributed by atoms with Crippen molar-refractivity contribution in [3.63, 3.8) is 0 Å². The molecule has 1 rings (SSSR count). The van der Waals surface area contributed by atoms with Crippen LogP contribution in [-0.4, -0.2) is 35.3 Å². The summed E-state index contributed by atoms with van der Waals surface area (Å²) in [5.74, 6) is -2.77. The Morgan fingerprint density at radius 3 is 2.17 bits per heavy atom. The summed E-state index contributed by atoms with van der Waals surface area (Å²) in [6, 6.07) is 4.61. The lowest BCUT2D eigenvalue weighted by Gasteiger charge is -2.19. The fourth-order valence-corrected chi connectivity index (χ4v) is 2.56. The first kappa shape index (κ1) is 14.2. The maximum atomic E-state index is 12.1. The number of aromatic carboxylic acids is 1. The molecular formula is C11H12O6S. The molecule has 0 fully saturated rings. The van der Waals surface area contributed by atoms with Crippen molar-refractivity contribution in [3.8, 4) is 0 Å². The van der Waals surface area contributed by atoms with Gasteiger partial charge in [-0.2, -0.15) is 0 Å². The van der Waals surface area contributed by atoms with Gasteiger partial charge in [0.25, 0.3) is 0 Å². The van der Waals surface area contributed by atoms with Crippen LogP contribution < -0.4 is 0 Å². The van der Waals surface area contributed by atoms with Crippen molar-refractivity contribution < 1.29 is 28.2 Å². The van der Waals surface area contributed by atoms with Crippen LogP contribution in [-0.2, 0) is 14.6 Å². The van der Waals surface area contributed by atoms with Crippen LogP contribution in [0, 0.1) is 0 Å². The average Bonchev–Trinajstić information content (AvgIpc) is 2.28. The van der Waals surface area contributed by atoms with E-state index in [0.29, 0.717) is 0 Å². The lowest BCUT2D eigenvalue weighted by Crippen LogP contribution is -2.40. The normalized spacial score (nSPS) is 12.1. The maximum Gasteiger partial charge on any atom is 0.335 e. The van der Waals surface area contributed by atoms with E-state index in [1.54, 1.807) is 0 Å². The van der Waals surface area contributed by atoms with Gasteiger partial charge in [-0.05, 0) is 32.0 Å². The third-order valence-corrected chi connectivity index (χ3v) is 4.97. The lowest BCUT2D eigenvalue weighted by atomic mass is 10.2. The van der Waals surface area contributed by atoms with Gasteiger partial charge in [0.1, 0.15) is 0 Å². The Bertz CT molecular complexity index is 600. The first-order valence-electron chi connectivity index (χ1n) is 4.92. The number of benzene rings is 1. The number of carboxylic acid groups (broad SMARTS) is 2. The van der Waals surface area contributed by atoms with Crippen molar-refractivity contribution in [1.29, 1.82) is 0 Å². The molecule has 0 aliphatic carbocycles. The number of carboxylic acids is 2. The van der Waals surface area contributed by atoms with Crippen LogP contribution in [0.4, 0.5) is 0 Å². The number of hydrogen-bond acceptors (Lipinski definition) is 4. The van der Waals surface area contributed by atoms with E-state index >= 15 is 0 Å². The molecule has 0 saturated heterocycles. The van der Waals surface area contributed by atoms with Crippen molar-refractivity contribution in [2.45, 2.75) is 23.5 Å². The van der Waals surface area contributed by atoms with Crippen LogP contribution in [0.25, 0.3) is 0 Å². The van der Waals surface area contributed by atoms with E-state index in [1.807, 2.05) is 0 Å². The lowest BCUT2D eigenvalue weighted by molar-refractivity contribution is -0.139. The zero-order chi connectivity index (χ0) is 14.1. The van der Waals surface area contributed by atoms with Gasteiger partial charge in [-0.1, -0.05) is 6.07 Å². The quantitative estimate of drug-likeness (QED) is 0.847. The van der Waals surface area contributed by atoms with Crippen LogP contribution in [0.5, 0.6) is 0 Å². The van der Waals surface area contributed by atoms with E-state index in [2.05, 4.69) is 0 Å². The molecule has 0 heterocycles. The van der Waals surface area contributed by atoms with Gasteiger partial charge in [0.05, 0.1) is 10.5 Å². The van der Waals surface area contributed by atoms with E-state index in [9.17, 15) is 18.0 Å². The Morgan fingerprint density at radius 2 is 1.72 bits per heavy atom. The van der Waals surface area contributed by atoms with Crippen molar-refractivity contribution in [2.75, 3.05) is 0 Å². The highest BCUT2D eigenvalue weighted by atomic mass is 32.2. The fourth-order valence-electron chi connectivity index (χ4n) is 1.21. The van der Waals surface area contributed by atoms with Gasteiger partial charge in [0, 0.05) is 0 Å². The summed E-state index contributed by atoms with van der Waals surface area (Å²) < 4.78 is 22.2. The number of sulfone groups is 1. The number of carbonyl (C=O) groups is 2. The third-order valence-electron chi connectivity index (χ3n) is 2.58. The van der Waals surface area contributed by atoms with Crippen molar-refractivity contribution in [1.82, 2.24) is 0 Å². The molecule has 0 radical (unpaired) electrons. The van der Waals surface area contributed by atoms with Gasteiger partial charge in [-0.15, -0.1) is 0 Å². The summed E-state index contributed by atoms with van der Waals surface area (Å²) in [5, 5.41) is 17.7. The van der Waals surface area contributed by atoms with E-state index in [-0.39, 0.29) is 10.5 Å². The van der Waals surface area contributed by atoms with Crippen molar-refractivity contribution in [2.24, 2.45) is 0 Å². The Labute approximate surface area is 104 Å². The molecule has 1 aromatic carbocycles. The van der Waals surface area contributed by atoms with E-state index in [4.69, 9.17) is 10.2 Å². The zero-order valence-electron chi connectivity index (χ0n) is 9.75. The van der Waals surface area contributed by atoms with Crippen LogP contribution in [0.15, 0.2) is 29.2 Å². The molecule has 0 aliphatic rings. The Balaban J connectivity index is 3.43. The smallest absolute Gasteiger partial charge is 0.335 e. The minimum atomic E-state index is -4.16. The molecule has 0 aromatic heterocycles. The van der Waals surface area contributed by atoms with Crippen molar-refractivity contribution >= 4 is 21.8 Å². The van der Waals surface area contributed by atoms with Gasteiger partial charge in [-0.3, -0.25) is 4.79 Å². The summed E-state index contributed by atoms with van der Waals surface area (Å²) in [4.78, 5) is 21.4. The largest absolute Gasteiger partial charge is 0.480 e. The third kappa shape index (κ3) is 2.21. The molecule has 7 heteroatoms. The molecule has 2 N–H and O–H groups in total. The van der Waals surface area contributed by atoms with E-state index < -0.39 is 26.5 Å². The Morgan fingerprint density at radius 1 is 1.17 bits per heavy atom. The molecule has 1 aromatic rings. The highest BCUT2D eigenvalue weighted by Gasteiger charge is 2.43. The molecule has 6 nitrogen and oxygen atoms in total. The summed E-state index contributed by atoms with van der Waals surface area (Å²) in [6.07, 6.45) is 0. The zero-order valence-corrected chi connectivity index (χ0v) is 10.6. The SMILES string of the molecule is CC(C)(C(=O)O)S(=O)(=O)c1cccc(C(=O)O)c1. The number of rotatable bonds is 4. The predicted molar refractivity (Wildman–Crippen MR) is 62.3 cm³/mol. The molecule has 0 saturated carbocycles. The molecule has 0 atom stereocenters. The summed E-state index contributed by atoms with van der Waals surface area (Å²) >= 11 is 0. The van der Waals surface area contributed by atoms with Gasteiger partial charge in [0.2, 0.25) is 0 Å². The summed E-state index contributed by atoms with van der Waals surface area (Å²) in [6.45, 7) is 2.11. The minimum Gasteiger partial charge on any atom is -0.480 e. The number of hydrogen-bond donors (Lipinski definition) is 2. The van der Waals surface area contributed by atoms with Crippen LogP contribution >= 0.6 is 0 Å². The first-order chi connectivity index (χ1) is 8.10. The van der Waals surface area contributed by atoms with Crippen LogP contribution in [0.2, 0.25) is 0 Å². The molecule has 0 spiro atoms. The second-order valence-corrected chi connectivity index (χ2v) is 6.65. The maximum absolute atomic E-state index is 12.1. The summed E-state index contributed by atoms with van der Waals surface area (Å²) in [5.41, 5.74) is -0.211. The predicted octanol–water partition coefficient (Wildman–Crippen LogP) is 1.02. The monoisotopic (exact) mass is 272 g/mol. The second-order valence-electron chi connectivity index (χ2n) is 4.15. The summed E-state index contributed by atoms with van der Waals surface area (Å²) in [7, 11) is -4.16. The molecular weight excluding hydrogens is 260 g/mol. The number of aliphatic carboxylic acids is 1. The van der Waals surface area contributed by atoms with Gasteiger partial charge < -0.3 is 10.2 Å². The topological polar surface area (TPSA) is 109 Å². The second kappa shape index (κ2) is 4.41. The molecule has 18 heavy (non-hydrogen) atoms. The van der Waals surface area contributed by atoms with Gasteiger partial charge >= 0.3 is 11.9 Å². The average molecular weight is 272 g/mol. The molecule has 0 bridgehead atoms. The van der Waals surface area contributed by atoms with Gasteiger partial charge in [-0.25, -0.2) is 13.2 Å². The highest BCUT2D eigenvalue weighted by molar-refractivity contribution is 7.93. The van der Waals surface area contributed by atoms with Gasteiger partial charge in [0.15, 0.2) is 14.6 Å². The van der Waals surface area contributed by atoms with E-state index in [1.165, 1.54) is 18.2 Å². The fraction of sp³-hybridized carbons (Fsp3) is 0.273. The minimum absolute atomic E-state index is 0.211. The van der Waals surface area contributed by atoms with E-state index in [0.717, 1.165) is 19.9 Å². The highest BCUT2D eigenvalue weighted by Crippen LogP contribution is 2.26. The van der Waals surface area contributed by atoms with Crippen LogP contribution in [0.3, 0.4) is 0 Å². The Hall–Kier alpha value is -1.89.